The van der Waals surface area contributed by atoms with Crippen molar-refractivity contribution in [2.75, 3.05) is 19.6 Å². The van der Waals surface area contributed by atoms with Crippen molar-refractivity contribution in [3.63, 3.8) is 0 Å². The second kappa shape index (κ2) is 9.38. The Hall–Kier alpha value is -1.78. The monoisotopic (exact) mass is 328 g/mol. The van der Waals surface area contributed by atoms with Gasteiger partial charge in [-0.15, -0.1) is 11.8 Å². The minimum absolute atomic E-state index is 0.111. The maximum absolute atomic E-state index is 12.7. The molecule has 1 amide bonds. The molecule has 0 radical (unpaired) electrons. The Morgan fingerprint density at radius 2 is 1.65 bits per heavy atom. The summed E-state index contributed by atoms with van der Waals surface area (Å²) in [5.41, 5.74) is 6.93. The summed E-state index contributed by atoms with van der Waals surface area (Å²) in [5.74, 6) is 0.153. The Kier molecular flexibility index (Phi) is 7.17. The van der Waals surface area contributed by atoms with Crippen LogP contribution >= 0.6 is 11.8 Å². The molecule has 23 heavy (non-hydrogen) atoms. The van der Waals surface area contributed by atoms with E-state index < -0.39 is 0 Å². The molecule has 0 bridgehead atoms. The summed E-state index contributed by atoms with van der Waals surface area (Å²) < 4.78 is 0. The number of hydrogen-bond donors (Lipinski definition) is 1. The Labute approximate surface area is 142 Å². The van der Waals surface area contributed by atoms with Gasteiger partial charge in [0.1, 0.15) is 0 Å². The SMILES string of the molecule is CC(Sc1ccccc1)C(=O)N(CCN)CCc1ccccc1. The Morgan fingerprint density at radius 1 is 1.04 bits per heavy atom. The van der Waals surface area contributed by atoms with E-state index in [0.717, 1.165) is 11.3 Å². The van der Waals surface area contributed by atoms with E-state index in [0.29, 0.717) is 19.6 Å². The fourth-order valence-electron chi connectivity index (χ4n) is 2.41. The van der Waals surface area contributed by atoms with Gasteiger partial charge >= 0.3 is 0 Å². The average molecular weight is 328 g/mol. The Morgan fingerprint density at radius 3 is 2.26 bits per heavy atom. The number of carbonyl (C=O) groups excluding carboxylic acids is 1. The molecule has 0 aliphatic carbocycles. The molecule has 0 saturated heterocycles. The smallest absolute Gasteiger partial charge is 0.235 e. The molecule has 3 nitrogen and oxygen atoms in total. The van der Waals surface area contributed by atoms with E-state index in [4.69, 9.17) is 5.73 Å². The van der Waals surface area contributed by atoms with E-state index >= 15 is 0 Å². The molecule has 0 saturated carbocycles. The number of nitrogens with zero attached hydrogens (tertiary/aromatic N) is 1. The van der Waals surface area contributed by atoms with Crippen LogP contribution in [0.1, 0.15) is 12.5 Å². The van der Waals surface area contributed by atoms with Crippen molar-refractivity contribution in [1.82, 2.24) is 4.90 Å². The van der Waals surface area contributed by atoms with Crippen LogP contribution < -0.4 is 5.73 Å². The normalized spacial score (nSPS) is 11.9. The van der Waals surface area contributed by atoms with Gasteiger partial charge in [-0.1, -0.05) is 48.5 Å². The number of hydrogen-bond acceptors (Lipinski definition) is 3. The van der Waals surface area contributed by atoms with Crippen molar-refractivity contribution in [3.05, 3.63) is 66.2 Å². The average Bonchev–Trinajstić information content (AvgIpc) is 2.59. The minimum atomic E-state index is -0.111. The van der Waals surface area contributed by atoms with Gasteiger partial charge in [-0.2, -0.15) is 0 Å². The van der Waals surface area contributed by atoms with Gasteiger partial charge in [0.2, 0.25) is 5.91 Å². The highest BCUT2D eigenvalue weighted by Crippen LogP contribution is 2.24. The third-order valence-corrected chi connectivity index (χ3v) is 4.73. The summed E-state index contributed by atoms with van der Waals surface area (Å²) in [5, 5.41) is -0.111. The van der Waals surface area contributed by atoms with Gasteiger partial charge in [0, 0.05) is 24.5 Å². The van der Waals surface area contributed by atoms with Crippen molar-refractivity contribution in [1.29, 1.82) is 0 Å². The first-order valence-electron chi connectivity index (χ1n) is 7.95. The molecule has 1 atom stereocenters. The highest BCUT2D eigenvalue weighted by atomic mass is 32.2. The number of thioether (sulfide) groups is 1. The lowest BCUT2D eigenvalue weighted by atomic mass is 10.1. The second-order valence-corrected chi connectivity index (χ2v) is 6.84. The van der Waals surface area contributed by atoms with Gasteiger partial charge in [0.15, 0.2) is 0 Å². The van der Waals surface area contributed by atoms with E-state index in [9.17, 15) is 4.79 Å². The van der Waals surface area contributed by atoms with Crippen LogP contribution in [-0.2, 0) is 11.2 Å². The molecule has 2 aromatic carbocycles. The van der Waals surface area contributed by atoms with Crippen LogP contribution in [0.5, 0.6) is 0 Å². The van der Waals surface area contributed by atoms with Crippen LogP contribution in [-0.4, -0.2) is 35.7 Å². The largest absolute Gasteiger partial charge is 0.340 e. The molecule has 1 unspecified atom stereocenters. The van der Waals surface area contributed by atoms with Gasteiger partial charge in [0.25, 0.3) is 0 Å². The molecule has 2 aromatic rings. The van der Waals surface area contributed by atoms with Crippen LogP contribution in [0, 0.1) is 0 Å². The molecule has 0 aliphatic rings. The quantitative estimate of drug-likeness (QED) is 0.757. The van der Waals surface area contributed by atoms with E-state index in [1.165, 1.54) is 5.56 Å². The number of rotatable bonds is 8. The zero-order valence-corrected chi connectivity index (χ0v) is 14.3. The standard InChI is InChI=1S/C19H24N2OS/c1-16(23-18-10-6-3-7-11-18)19(22)21(15-13-20)14-12-17-8-4-2-5-9-17/h2-11,16H,12-15,20H2,1H3. The van der Waals surface area contributed by atoms with E-state index in [1.54, 1.807) is 11.8 Å². The molecule has 0 aromatic heterocycles. The fraction of sp³-hybridized carbons (Fsp3) is 0.316. The van der Waals surface area contributed by atoms with Crippen molar-refractivity contribution in [2.45, 2.75) is 23.5 Å². The molecule has 2 rings (SSSR count). The summed E-state index contributed by atoms with van der Waals surface area (Å²) in [6.07, 6.45) is 0.856. The van der Waals surface area contributed by atoms with Gasteiger partial charge in [0.05, 0.1) is 5.25 Å². The van der Waals surface area contributed by atoms with E-state index in [-0.39, 0.29) is 11.2 Å². The van der Waals surface area contributed by atoms with Crippen molar-refractivity contribution in [3.8, 4) is 0 Å². The van der Waals surface area contributed by atoms with Gasteiger partial charge in [-0.05, 0) is 31.0 Å². The molecule has 0 aliphatic heterocycles. The minimum Gasteiger partial charge on any atom is -0.340 e. The van der Waals surface area contributed by atoms with Crippen molar-refractivity contribution < 1.29 is 4.79 Å². The van der Waals surface area contributed by atoms with Gasteiger partial charge < -0.3 is 10.6 Å². The Balaban J connectivity index is 1.94. The summed E-state index contributed by atoms with van der Waals surface area (Å²) >= 11 is 1.60. The van der Waals surface area contributed by atoms with Gasteiger partial charge in [-0.25, -0.2) is 0 Å². The van der Waals surface area contributed by atoms with Crippen molar-refractivity contribution in [2.24, 2.45) is 5.73 Å². The molecule has 0 heterocycles. The first-order chi connectivity index (χ1) is 11.2. The molecule has 122 valence electrons. The molecular formula is C19H24N2OS. The van der Waals surface area contributed by atoms with Crippen LogP contribution in [0.25, 0.3) is 0 Å². The summed E-state index contributed by atoms with van der Waals surface area (Å²) in [4.78, 5) is 15.7. The van der Waals surface area contributed by atoms with Crippen LogP contribution in [0.15, 0.2) is 65.6 Å². The summed E-state index contributed by atoms with van der Waals surface area (Å²) in [6.45, 7) is 3.76. The van der Waals surface area contributed by atoms with E-state index in [2.05, 4.69) is 12.1 Å². The van der Waals surface area contributed by atoms with Crippen LogP contribution in [0.3, 0.4) is 0 Å². The number of amides is 1. The lowest BCUT2D eigenvalue weighted by Gasteiger charge is -2.25. The third-order valence-electron chi connectivity index (χ3n) is 3.63. The lowest BCUT2D eigenvalue weighted by Crippen LogP contribution is -2.41. The molecule has 0 spiro atoms. The number of nitrogens with two attached hydrogens (primary N) is 1. The predicted molar refractivity (Wildman–Crippen MR) is 97.5 cm³/mol. The maximum Gasteiger partial charge on any atom is 0.235 e. The molecule has 4 heteroatoms. The topological polar surface area (TPSA) is 46.3 Å². The molecule has 0 fully saturated rings. The predicted octanol–water partition coefficient (Wildman–Crippen LogP) is 3.20. The Bertz CT molecular complexity index is 589. The zero-order valence-electron chi connectivity index (χ0n) is 13.5. The highest BCUT2D eigenvalue weighted by Gasteiger charge is 2.20. The molecular weight excluding hydrogens is 304 g/mol. The van der Waals surface area contributed by atoms with Gasteiger partial charge in [-0.3, -0.25) is 4.79 Å². The summed E-state index contributed by atoms with van der Waals surface area (Å²) in [7, 11) is 0. The second-order valence-electron chi connectivity index (χ2n) is 5.42. The first kappa shape index (κ1) is 17.6. The van der Waals surface area contributed by atoms with E-state index in [1.807, 2.05) is 60.4 Å². The fourth-order valence-corrected chi connectivity index (χ4v) is 3.38. The zero-order chi connectivity index (χ0) is 16.5. The number of benzene rings is 2. The van der Waals surface area contributed by atoms with Crippen LogP contribution in [0.4, 0.5) is 0 Å². The number of carbonyl (C=O) groups is 1. The molecule has 2 N–H and O–H groups in total. The first-order valence-corrected chi connectivity index (χ1v) is 8.83. The maximum atomic E-state index is 12.7. The lowest BCUT2D eigenvalue weighted by molar-refractivity contribution is -0.130. The summed E-state index contributed by atoms with van der Waals surface area (Å²) in [6, 6.07) is 20.3. The highest BCUT2D eigenvalue weighted by molar-refractivity contribution is 8.00. The van der Waals surface area contributed by atoms with Crippen molar-refractivity contribution >= 4 is 17.7 Å². The third kappa shape index (κ3) is 5.73. The van der Waals surface area contributed by atoms with Crippen LogP contribution in [0.2, 0.25) is 0 Å².